The van der Waals surface area contributed by atoms with Crippen LogP contribution >= 0.6 is 0 Å². The fourth-order valence-electron chi connectivity index (χ4n) is 1.27. The van der Waals surface area contributed by atoms with Crippen molar-refractivity contribution in [2.75, 3.05) is 5.43 Å². The van der Waals surface area contributed by atoms with Crippen LogP contribution in [0.25, 0.3) is 11.0 Å². The van der Waals surface area contributed by atoms with E-state index in [4.69, 9.17) is 10.6 Å². The molecule has 0 radical (unpaired) electrons. The van der Waals surface area contributed by atoms with Crippen LogP contribution in [0.4, 0.5) is 5.95 Å². The van der Waals surface area contributed by atoms with E-state index in [1.54, 1.807) is 6.20 Å². The summed E-state index contributed by atoms with van der Waals surface area (Å²) in [6.45, 7) is 6.16. The Hall–Kier alpha value is -1.89. The summed E-state index contributed by atoms with van der Waals surface area (Å²) < 4.78 is 5.78. The predicted octanol–water partition coefficient (Wildman–Crippen LogP) is 1.06. The standard InChI is InChI=1S/C10H16N6O/c1-5(2)6(3)17-9-7-4-12-16-8(7)13-10(14-9)15-11/h4-6H,11H2,1-3H3,(H2,12,13,14,15,16). The molecule has 0 aliphatic heterocycles. The molecule has 1 atom stereocenters. The molecule has 0 fully saturated rings. The summed E-state index contributed by atoms with van der Waals surface area (Å²) in [6, 6.07) is 0. The van der Waals surface area contributed by atoms with E-state index in [-0.39, 0.29) is 6.10 Å². The number of nitrogen functional groups attached to an aromatic ring is 1. The molecule has 0 bridgehead atoms. The molecular formula is C10H16N6O. The van der Waals surface area contributed by atoms with Gasteiger partial charge in [-0.25, -0.2) is 5.84 Å². The van der Waals surface area contributed by atoms with Crippen molar-refractivity contribution in [1.82, 2.24) is 20.2 Å². The Balaban J connectivity index is 2.40. The van der Waals surface area contributed by atoms with Gasteiger partial charge >= 0.3 is 0 Å². The summed E-state index contributed by atoms with van der Waals surface area (Å²) in [6.07, 6.45) is 1.69. The maximum Gasteiger partial charge on any atom is 0.242 e. The van der Waals surface area contributed by atoms with Gasteiger partial charge < -0.3 is 4.74 Å². The van der Waals surface area contributed by atoms with Crippen molar-refractivity contribution in [1.29, 1.82) is 0 Å². The van der Waals surface area contributed by atoms with E-state index in [1.807, 2.05) is 6.92 Å². The number of nitrogens with zero attached hydrogens (tertiary/aromatic N) is 3. The lowest BCUT2D eigenvalue weighted by Gasteiger charge is -2.17. The number of aromatic amines is 1. The molecule has 0 spiro atoms. The maximum absolute atomic E-state index is 5.78. The lowest BCUT2D eigenvalue weighted by Crippen LogP contribution is -2.20. The van der Waals surface area contributed by atoms with Crippen LogP contribution in [-0.4, -0.2) is 26.3 Å². The van der Waals surface area contributed by atoms with Gasteiger partial charge in [0, 0.05) is 0 Å². The van der Waals surface area contributed by atoms with E-state index >= 15 is 0 Å². The van der Waals surface area contributed by atoms with Gasteiger partial charge in [-0.05, 0) is 12.8 Å². The van der Waals surface area contributed by atoms with Crippen molar-refractivity contribution < 1.29 is 4.74 Å². The topological polar surface area (TPSA) is 102 Å². The summed E-state index contributed by atoms with van der Waals surface area (Å²) in [4.78, 5) is 8.31. The third-order valence-electron chi connectivity index (χ3n) is 2.64. The molecule has 0 aliphatic rings. The molecule has 0 amide bonds. The third kappa shape index (κ3) is 2.28. The quantitative estimate of drug-likeness (QED) is 0.542. The first-order valence-corrected chi connectivity index (χ1v) is 5.46. The van der Waals surface area contributed by atoms with Crippen molar-refractivity contribution in [2.24, 2.45) is 11.8 Å². The summed E-state index contributed by atoms with van der Waals surface area (Å²) in [5, 5.41) is 7.42. The van der Waals surface area contributed by atoms with Crippen molar-refractivity contribution >= 4 is 17.0 Å². The highest BCUT2D eigenvalue weighted by molar-refractivity contribution is 5.80. The minimum atomic E-state index is 0.0497. The smallest absolute Gasteiger partial charge is 0.242 e. The van der Waals surface area contributed by atoms with E-state index in [2.05, 4.69) is 39.4 Å². The molecule has 2 aromatic rings. The number of nitrogens with two attached hydrogens (primary N) is 1. The average Bonchev–Trinajstić information content (AvgIpc) is 2.76. The van der Waals surface area contributed by atoms with Crippen LogP contribution in [0.15, 0.2) is 6.20 Å². The predicted molar refractivity (Wildman–Crippen MR) is 64.4 cm³/mol. The molecule has 0 aliphatic carbocycles. The van der Waals surface area contributed by atoms with Gasteiger partial charge in [0.05, 0.1) is 12.3 Å². The molecule has 1 unspecified atom stereocenters. The van der Waals surface area contributed by atoms with Crippen LogP contribution < -0.4 is 16.0 Å². The number of nitrogens with one attached hydrogen (secondary N) is 2. The molecule has 7 heteroatoms. The first-order chi connectivity index (χ1) is 8.11. The number of hydrazine groups is 1. The zero-order chi connectivity index (χ0) is 12.4. The molecule has 2 rings (SSSR count). The van der Waals surface area contributed by atoms with Crippen LogP contribution in [0.2, 0.25) is 0 Å². The Labute approximate surface area is 98.7 Å². The normalized spacial score (nSPS) is 13.0. The number of rotatable bonds is 4. The molecule has 0 saturated heterocycles. The second-order valence-corrected chi connectivity index (χ2v) is 4.20. The van der Waals surface area contributed by atoms with E-state index in [0.717, 1.165) is 5.39 Å². The number of H-pyrrole nitrogens is 1. The summed E-state index contributed by atoms with van der Waals surface area (Å²) >= 11 is 0. The molecule has 4 N–H and O–H groups in total. The first kappa shape index (κ1) is 11.6. The van der Waals surface area contributed by atoms with Crippen LogP contribution in [0, 0.1) is 5.92 Å². The Bertz CT molecular complexity index is 508. The van der Waals surface area contributed by atoms with Crippen LogP contribution in [0.1, 0.15) is 20.8 Å². The number of fused-ring (bicyclic) bond motifs is 1. The molecule has 2 aromatic heterocycles. The minimum absolute atomic E-state index is 0.0497. The Kier molecular flexibility index (Phi) is 3.10. The fourth-order valence-corrected chi connectivity index (χ4v) is 1.27. The highest BCUT2D eigenvalue weighted by atomic mass is 16.5. The largest absolute Gasteiger partial charge is 0.474 e. The van der Waals surface area contributed by atoms with Gasteiger partial charge in [-0.2, -0.15) is 15.1 Å². The van der Waals surface area contributed by atoms with Gasteiger partial charge in [0.15, 0.2) is 5.65 Å². The van der Waals surface area contributed by atoms with Crippen LogP contribution in [-0.2, 0) is 0 Å². The van der Waals surface area contributed by atoms with E-state index in [9.17, 15) is 0 Å². The zero-order valence-corrected chi connectivity index (χ0v) is 10.1. The van der Waals surface area contributed by atoms with Crippen molar-refractivity contribution in [3.63, 3.8) is 0 Å². The lowest BCUT2D eigenvalue weighted by atomic mass is 10.1. The second kappa shape index (κ2) is 4.54. The van der Waals surface area contributed by atoms with Crippen LogP contribution in [0.3, 0.4) is 0 Å². The van der Waals surface area contributed by atoms with Crippen LogP contribution in [0.5, 0.6) is 5.88 Å². The first-order valence-electron chi connectivity index (χ1n) is 5.46. The molecule has 0 saturated carbocycles. The number of hydrogen-bond acceptors (Lipinski definition) is 6. The van der Waals surface area contributed by atoms with E-state index < -0.39 is 0 Å². The molecular weight excluding hydrogens is 220 g/mol. The highest BCUT2D eigenvalue weighted by Gasteiger charge is 2.15. The number of ether oxygens (including phenoxy) is 1. The fraction of sp³-hybridized carbons (Fsp3) is 0.500. The van der Waals surface area contributed by atoms with Crippen molar-refractivity contribution in [2.45, 2.75) is 26.9 Å². The van der Waals surface area contributed by atoms with E-state index in [0.29, 0.717) is 23.4 Å². The SMILES string of the molecule is CC(C)C(C)Oc1nc(NN)nc2[nH]ncc12. The van der Waals surface area contributed by atoms with Gasteiger partial charge in [-0.1, -0.05) is 13.8 Å². The summed E-state index contributed by atoms with van der Waals surface area (Å²) in [5.74, 6) is 6.48. The van der Waals surface area contributed by atoms with Gasteiger partial charge in [-0.15, -0.1) is 0 Å². The molecule has 0 aromatic carbocycles. The lowest BCUT2D eigenvalue weighted by molar-refractivity contribution is 0.166. The number of anilines is 1. The molecule has 17 heavy (non-hydrogen) atoms. The monoisotopic (exact) mass is 236 g/mol. The zero-order valence-electron chi connectivity index (χ0n) is 10.1. The van der Waals surface area contributed by atoms with Gasteiger partial charge in [-0.3, -0.25) is 10.5 Å². The molecule has 2 heterocycles. The number of aromatic nitrogens is 4. The van der Waals surface area contributed by atoms with Crippen molar-refractivity contribution in [3.8, 4) is 5.88 Å². The second-order valence-electron chi connectivity index (χ2n) is 4.20. The Morgan fingerprint density at radius 2 is 2.12 bits per heavy atom. The highest BCUT2D eigenvalue weighted by Crippen LogP contribution is 2.24. The maximum atomic E-state index is 5.78. The summed E-state index contributed by atoms with van der Waals surface area (Å²) in [5.41, 5.74) is 3.00. The van der Waals surface area contributed by atoms with Gasteiger partial charge in [0.1, 0.15) is 5.39 Å². The molecule has 7 nitrogen and oxygen atoms in total. The Morgan fingerprint density at radius 1 is 1.35 bits per heavy atom. The summed E-state index contributed by atoms with van der Waals surface area (Å²) in [7, 11) is 0. The average molecular weight is 236 g/mol. The minimum Gasteiger partial charge on any atom is -0.474 e. The third-order valence-corrected chi connectivity index (χ3v) is 2.64. The van der Waals surface area contributed by atoms with Gasteiger partial charge in [0.25, 0.3) is 0 Å². The van der Waals surface area contributed by atoms with Gasteiger partial charge in [0.2, 0.25) is 11.8 Å². The van der Waals surface area contributed by atoms with Crippen molar-refractivity contribution in [3.05, 3.63) is 6.20 Å². The van der Waals surface area contributed by atoms with E-state index in [1.165, 1.54) is 0 Å². The number of hydrogen-bond donors (Lipinski definition) is 3. The molecule has 92 valence electrons. The Morgan fingerprint density at radius 3 is 2.76 bits per heavy atom.